The minimum absolute atomic E-state index is 0.250. The normalized spacial score (nSPS) is 49.0. The first-order chi connectivity index (χ1) is 9.80. The molecule has 2 heterocycles. The van der Waals surface area contributed by atoms with Crippen molar-refractivity contribution in [2.75, 3.05) is 25.2 Å². The molecule has 0 amide bonds. The van der Waals surface area contributed by atoms with E-state index in [1.54, 1.807) is 0 Å². The number of rotatable bonds is 3. The van der Waals surface area contributed by atoms with Gasteiger partial charge in [-0.25, -0.2) is 0 Å². The largest absolute Gasteiger partial charge is 0.374 e. The molecule has 0 aromatic rings. The van der Waals surface area contributed by atoms with E-state index in [2.05, 4.69) is 24.1 Å². The van der Waals surface area contributed by atoms with Crippen LogP contribution in [0.1, 0.15) is 44.9 Å². The summed E-state index contributed by atoms with van der Waals surface area (Å²) in [6.07, 6.45) is 9.97. The zero-order chi connectivity index (χ0) is 13.6. The second-order valence-electron chi connectivity index (χ2n) is 7.74. The van der Waals surface area contributed by atoms with Crippen LogP contribution in [0.2, 0.25) is 0 Å². The minimum atomic E-state index is 0.250. The summed E-state index contributed by atoms with van der Waals surface area (Å²) in [5.41, 5.74) is 0.250. The Morgan fingerprint density at radius 3 is 2.85 bits per heavy atom. The fourth-order valence-electron chi connectivity index (χ4n) is 5.77. The molecule has 4 rings (SSSR count). The molecule has 114 valence electrons. The summed E-state index contributed by atoms with van der Waals surface area (Å²) in [6.45, 7) is 1.00. The highest BCUT2D eigenvalue weighted by Gasteiger charge is 2.48. The standard InChI is InChI=1S/C17H29NOS/c1-18-16(15-9-12-2-3-13(15)8-12)14-4-6-19-17(10-14)5-7-20-11-17/h12-16,18H,2-11H2,1H3. The zero-order valence-corrected chi connectivity index (χ0v) is 13.6. The van der Waals surface area contributed by atoms with Gasteiger partial charge in [-0.05, 0) is 75.0 Å². The average Bonchev–Trinajstić information content (AvgIpc) is 3.17. The number of thioether (sulfide) groups is 1. The fourth-order valence-corrected chi connectivity index (χ4v) is 7.15. The lowest BCUT2D eigenvalue weighted by Gasteiger charge is -2.44. The molecular formula is C17H29NOS. The predicted molar refractivity (Wildman–Crippen MR) is 85.1 cm³/mol. The molecule has 2 bridgehead atoms. The summed E-state index contributed by atoms with van der Waals surface area (Å²) in [5, 5.41) is 3.74. The minimum Gasteiger partial charge on any atom is -0.374 e. The number of nitrogens with one attached hydrogen (secondary N) is 1. The molecule has 0 aromatic heterocycles. The van der Waals surface area contributed by atoms with Crippen LogP contribution in [0.4, 0.5) is 0 Å². The van der Waals surface area contributed by atoms with Gasteiger partial charge >= 0.3 is 0 Å². The van der Waals surface area contributed by atoms with Gasteiger partial charge in [0.2, 0.25) is 0 Å². The van der Waals surface area contributed by atoms with Crippen LogP contribution < -0.4 is 5.32 Å². The average molecular weight is 295 g/mol. The van der Waals surface area contributed by atoms with Crippen LogP contribution in [0.3, 0.4) is 0 Å². The van der Waals surface area contributed by atoms with Crippen LogP contribution in [0, 0.1) is 23.7 Å². The molecule has 0 aromatic carbocycles. The molecule has 6 unspecified atom stereocenters. The molecule has 2 aliphatic heterocycles. The van der Waals surface area contributed by atoms with Gasteiger partial charge in [-0.1, -0.05) is 6.42 Å². The van der Waals surface area contributed by atoms with Gasteiger partial charge in [0.25, 0.3) is 0 Å². The summed E-state index contributed by atoms with van der Waals surface area (Å²) < 4.78 is 6.23. The summed E-state index contributed by atoms with van der Waals surface area (Å²) in [6, 6.07) is 0.761. The van der Waals surface area contributed by atoms with Crippen molar-refractivity contribution in [1.29, 1.82) is 0 Å². The number of hydrogen-bond donors (Lipinski definition) is 1. The molecule has 3 heteroatoms. The zero-order valence-electron chi connectivity index (χ0n) is 12.8. The highest BCUT2D eigenvalue weighted by molar-refractivity contribution is 7.99. The van der Waals surface area contributed by atoms with Crippen LogP contribution in [-0.4, -0.2) is 36.8 Å². The smallest absolute Gasteiger partial charge is 0.0783 e. The van der Waals surface area contributed by atoms with Crippen molar-refractivity contribution in [2.24, 2.45) is 23.7 Å². The summed E-state index contributed by atoms with van der Waals surface area (Å²) in [5.74, 6) is 6.48. The van der Waals surface area contributed by atoms with Crippen molar-refractivity contribution in [1.82, 2.24) is 5.32 Å². The number of hydrogen-bond acceptors (Lipinski definition) is 3. The third-order valence-corrected chi connectivity index (χ3v) is 7.92. The van der Waals surface area contributed by atoms with E-state index in [1.165, 1.54) is 56.5 Å². The van der Waals surface area contributed by atoms with E-state index >= 15 is 0 Å². The highest BCUT2D eigenvalue weighted by atomic mass is 32.2. The predicted octanol–water partition coefficient (Wildman–Crippen LogP) is 3.31. The van der Waals surface area contributed by atoms with Crippen LogP contribution in [0.15, 0.2) is 0 Å². The second-order valence-corrected chi connectivity index (χ2v) is 8.85. The molecule has 6 atom stereocenters. The first-order valence-electron chi connectivity index (χ1n) is 8.69. The van der Waals surface area contributed by atoms with E-state index < -0.39 is 0 Å². The Morgan fingerprint density at radius 1 is 1.25 bits per heavy atom. The molecule has 0 radical (unpaired) electrons. The van der Waals surface area contributed by atoms with E-state index in [0.29, 0.717) is 0 Å². The van der Waals surface area contributed by atoms with Gasteiger partial charge < -0.3 is 10.1 Å². The van der Waals surface area contributed by atoms with E-state index in [0.717, 1.165) is 36.3 Å². The monoisotopic (exact) mass is 295 g/mol. The molecular weight excluding hydrogens is 266 g/mol. The van der Waals surface area contributed by atoms with Crippen LogP contribution in [0.25, 0.3) is 0 Å². The van der Waals surface area contributed by atoms with Crippen molar-refractivity contribution in [3.05, 3.63) is 0 Å². The molecule has 1 N–H and O–H groups in total. The lowest BCUT2D eigenvalue weighted by molar-refractivity contribution is -0.0894. The molecule has 2 aliphatic carbocycles. The van der Waals surface area contributed by atoms with Gasteiger partial charge in [0.15, 0.2) is 0 Å². The van der Waals surface area contributed by atoms with Gasteiger partial charge in [0, 0.05) is 18.4 Å². The van der Waals surface area contributed by atoms with E-state index in [4.69, 9.17) is 4.74 Å². The summed E-state index contributed by atoms with van der Waals surface area (Å²) in [4.78, 5) is 0. The molecule has 2 nitrogen and oxygen atoms in total. The lowest BCUT2D eigenvalue weighted by atomic mass is 9.72. The van der Waals surface area contributed by atoms with Crippen LogP contribution in [-0.2, 0) is 4.74 Å². The maximum absolute atomic E-state index is 6.23. The fraction of sp³-hybridized carbons (Fsp3) is 1.00. The summed E-state index contributed by atoms with van der Waals surface area (Å²) >= 11 is 2.10. The van der Waals surface area contributed by atoms with E-state index in [1.807, 2.05) is 0 Å². The van der Waals surface area contributed by atoms with Crippen LogP contribution in [0.5, 0.6) is 0 Å². The second kappa shape index (κ2) is 5.48. The van der Waals surface area contributed by atoms with Crippen molar-refractivity contribution in [3.63, 3.8) is 0 Å². The number of ether oxygens (including phenoxy) is 1. The number of fused-ring (bicyclic) bond motifs is 2. The van der Waals surface area contributed by atoms with Gasteiger partial charge in [-0.2, -0.15) is 11.8 Å². The Balaban J connectivity index is 1.47. The Kier molecular flexibility index (Phi) is 3.81. The Hall–Kier alpha value is 0.270. The van der Waals surface area contributed by atoms with Crippen molar-refractivity contribution < 1.29 is 4.74 Å². The molecule has 4 aliphatic rings. The first-order valence-corrected chi connectivity index (χ1v) is 9.84. The highest BCUT2D eigenvalue weighted by Crippen LogP contribution is 2.52. The van der Waals surface area contributed by atoms with E-state index in [-0.39, 0.29) is 5.60 Å². The molecule has 1 spiro atoms. The maximum atomic E-state index is 6.23. The quantitative estimate of drug-likeness (QED) is 0.863. The van der Waals surface area contributed by atoms with Gasteiger partial charge in [0.05, 0.1) is 5.60 Å². The van der Waals surface area contributed by atoms with Crippen LogP contribution >= 0.6 is 11.8 Å². The maximum Gasteiger partial charge on any atom is 0.0783 e. The van der Waals surface area contributed by atoms with Crippen molar-refractivity contribution in [3.8, 4) is 0 Å². The third-order valence-electron chi connectivity index (χ3n) is 6.69. The Morgan fingerprint density at radius 2 is 2.20 bits per heavy atom. The van der Waals surface area contributed by atoms with Gasteiger partial charge in [0.1, 0.15) is 0 Å². The van der Waals surface area contributed by atoms with Crippen molar-refractivity contribution in [2.45, 2.75) is 56.6 Å². The first kappa shape index (κ1) is 13.9. The third kappa shape index (κ3) is 2.34. The Labute approximate surface area is 127 Å². The summed E-state index contributed by atoms with van der Waals surface area (Å²) in [7, 11) is 2.21. The van der Waals surface area contributed by atoms with E-state index in [9.17, 15) is 0 Å². The lowest BCUT2D eigenvalue weighted by Crippen LogP contribution is -2.49. The van der Waals surface area contributed by atoms with Crippen molar-refractivity contribution >= 4 is 11.8 Å². The SMILES string of the molecule is CNC(C1CCOC2(CCSC2)C1)C1CC2CCC1C2. The molecule has 2 saturated heterocycles. The van der Waals surface area contributed by atoms with Gasteiger partial charge in [-0.15, -0.1) is 0 Å². The Bertz CT molecular complexity index is 355. The molecule has 20 heavy (non-hydrogen) atoms. The molecule has 4 fully saturated rings. The molecule has 2 saturated carbocycles. The topological polar surface area (TPSA) is 21.3 Å². The van der Waals surface area contributed by atoms with Gasteiger partial charge in [-0.3, -0.25) is 0 Å².